The van der Waals surface area contributed by atoms with Crippen LogP contribution >= 0.6 is 0 Å². The Bertz CT molecular complexity index is 389. The fraction of sp³-hybridized carbons (Fsp3) is 0.385. The molecule has 0 heterocycles. The Morgan fingerprint density at radius 2 is 1.83 bits per heavy atom. The van der Waals surface area contributed by atoms with Crippen molar-refractivity contribution in [3.63, 3.8) is 0 Å². The van der Waals surface area contributed by atoms with E-state index < -0.39 is 9.28 Å². The zero-order valence-electron chi connectivity index (χ0n) is 11.2. The van der Waals surface area contributed by atoms with Crippen LogP contribution in [0.25, 0.3) is 6.08 Å². The molecule has 0 saturated carbocycles. The van der Waals surface area contributed by atoms with Crippen molar-refractivity contribution >= 4 is 15.4 Å². The van der Waals surface area contributed by atoms with Gasteiger partial charge in [0, 0.05) is 14.2 Å². The molecule has 4 nitrogen and oxygen atoms in total. The molecule has 1 rings (SSSR count). The average Bonchev–Trinajstić information content (AvgIpc) is 2.41. The van der Waals surface area contributed by atoms with Crippen molar-refractivity contribution in [2.45, 2.75) is 6.92 Å². The fourth-order valence-corrected chi connectivity index (χ4v) is 2.11. The third-order valence-electron chi connectivity index (χ3n) is 2.35. The number of allylic oxidation sites excluding steroid dienone is 1. The fourth-order valence-electron chi connectivity index (χ4n) is 1.44. The van der Waals surface area contributed by atoms with Crippen LogP contribution in [0.4, 0.5) is 0 Å². The van der Waals surface area contributed by atoms with Crippen molar-refractivity contribution in [2.24, 2.45) is 0 Å². The van der Waals surface area contributed by atoms with Crippen LogP contribution in [0, 0.1) is 0 Å². The maximum atomic E-state index is 5.65. The predicted molar refractivity (Wildman–Crippen MR) is 73.0 cm³/mol. The minimum Gasteiger partial charge on any atom is -0.493 e. The molecule has 1 aromatic rings. The molecule has 0 aliphatic heterocycles. The molecule has 0 aliphatic carbocycles. The number of hydrogen-bond donors (Lipinski definition) is 0. The molecule has 0 fully saturated rings. The van der Waals surface area contributed by atoms with E-state index in [4.69, 9.17) is 18.3 Å². The van der Waals surface area contributed by atoms with Crippen molar-refractivity contribution in [3.8, 4) is 11.5 Å². The lowest BCUT2D eigenvalue weighted by molar-refractivity contribution is 0.233. The van der Waals surface area contributed by atoms with Crippen LogP contribution in [-0.4, -0.2) is 36.8 Å². The van der Waals surface area contributed by atoms with Crippen molar-refractivity contribution in [3.05, 3.63) is 29.8 Å². The molecule has 0 aliphatic rings. The molecule has 0 amide bonds. The maximum absolute atomic E-state index is 5.65. The summed E-state index contributed by atoms with van der Waals surface area (Å²) in [4.78, 5) is 0. The van der Waals surface area contributed by atoms with Gasteiger partial charge in [0.1, 0.15) is 6.23 Å². The Balaban J connectivity index is 2.76. The minimum atomic E-state index is -1.36. The summed E-state index contributed by atoms with van der Waals surface area (Å²) < 4.78 is 21.3. The monoisotopic (exact) mass is 267 g/mol. The lowest BCUT2D eigenvalue weighted by atomic mass is 10.2. The zero-order valence-corrected chi connectivity index (χ0v) is 12.2. The van der Waals surface area contributed by atoms with Gasteiger partial charge < -0.3 is 18.3 Å². The summed E-state index contributed by atoms with van der Waals surface area (Å²) in [7, 11) is 3.51. The van der Waals surface area contributed by atoms with Crippen LogP contribution in [0.1, 0.15) is 12.5 Å². The Morgan fingerprint density at radius 1 is 1.11 bits per heavy atom. The second-order valence-corrected chi connectivity index (χ2v) is 5.33. The van der Waals surface area contributed by atoms with Gasteiger partial charge in [-0.15, -0.1) is 0 Å². The highest BCUT2D eigenvalue weighted by molar-refractivity contribution is 6.44. The highest BCUT2D eigenvalue weighted by Gasteiger charge is 2.14. The lowest BCUT2D eigenvalue weighted by Crippen LogP contribution is -2.28. The first kappa shape index (κ1) is 14.8. The van der Waals surface area contributed by atoms with Gasteiger partial charge in [0.2, 0.25) is 0 Å². The number of benzene rings is 1. The van der Waals surface area contributed by atoms with Crippen LogP contribution in [-0.2, 0) is 8.85 Å². The predicted octanol–water partition coefficient (Wildman–Crippen LogP) is 2.43. The van der Waals surface area contributed by atoms with Crippen LogP contribution in [0.15, 0.2) is 24.3 Å². The van der Waals surface area contributed by atoms with Crippen LogP contribution in [0.3, 0.4) is 0 Å². The first-order valence-corrected chi connectivity index (χ1v) is 7.14. The summed E-state index contributed by atoms with van der Waals surface area (Å²) in [6, 6.07) is 5.80. The number of hydrogen-bond acceptors (Lipinski definition) is 4. The summed E-state index contributed by atoms with van der Waals surface area (Å²) in [5, 5.41) is 0. The molecule has 99 valence electrons. The molecule has 0 atom stereocenters. The topological polar surface area (TPSA) is 36.9 Å². The summed E-state index contributed by atoms with van der Waals surface area (Å²) in [5.41, 5.74) is 1.07. The van der Waals surface area contributed by atoms with Gasteiger partial charge in [-0.1, -0.05) is 18.2 Å². The van der Waals surface area contributed by atoms with Crippen LogP contribution in [0.2, 0.25) is 0 Å². The third kappa shape index (κ3) is 4.18. The highest BCUT2D eigenvalue weighted by atomic mass is 28.3. The van der Waals surface area contributed by atoms with E-state index in [2.05, 4.69) is 0 Å². The van der Waals surface area contributed by atoms with Gasteiger partial charge in [-0.3, -0.25) is 0 Å². The van der Waals surface area contributed by atoms with Gasteiger partial charge in [0.05, 0.1) is 7.11 Å². The third-order valence-corrected chi connectivity index (χ3v) is 3.64. The molecule has 18 heavy (non-hydrogen) atoms. The van der Waals surface area contributed by atoms with E-state index in [0.29, 0.717) is 17.7 Å². The van der Waals surface area contributed by atoms with E-state index in [9.17, 15) is 0 Å². The smallest absolute Gasteiger partial charge is 0.425 e. The van der Waals surface area contributed by atoms with E-state index in [-0.39, 0.29) is 0 Å². The van der Waals surface area contributed by atoms with Gasteiger partial charge in [0.25, 0.3) is 0 Å². The Labute approximate surface area is 110 Å². The molecule has 0 N–H and O–H groups in total. The molecular formula is C13H19O4Si. The molecule has 0 saturated heterocycles. The second kappa shape index (κ2) is 7.92. The largest absolute Gasteiger partial charge is 0.493 e. The van der Waals surface area contributed by atoms with Crippen molar-refractivity contribution < 1.29 is 18.3 Å². The average molecular weight is 267 g/mol. The lowest BCUT2D eigenvalue weighted by Gasteiger charge is -2.13. The molecule has 0 bridgehead atoms. The Kier molecular flexibility index (Phi) is 6.49. The van der Waals surface area contributed by atoms with Gasteiger partial charge >= 0.3 is 9.28 Å². The summed E-state index contributed by atoms with van der Waals surface area (Å²) in [6.07, 6.45) is 4.40. The summed E-state index contributed by atoms with van der Waals surface area (Å²) >= 11 is 0. The Morgan fingerprint density at radius 3 is 2.39 bits per heavy atom. The van der Waals surface area contributed by atoms with Crippen molar-refractivity contribution in [2.75, 3.05) is 27.6 Å². The van der Waals surface area contributed by atoms with E-state index in [1.54, 1.807) is 21.3 Å². The van der Waals surface area contributed by atoms with E-state index in [1.807, 2.05) is 37.3 Å². The van der Waals surface area contributed by atoms with Gasteiger partial charge in [-0.25, -0.2) is 0 Å². The standard InChI is InChI=1S/C13H19O4Si/c1-5-6-11-7-8-12(13(9-11)14-2)17-10-18(15-3)16-4/h5-9H,10H2,1-4H3/b6-5+. The van der Waals surface area contributed by atoms with Gasteiger partial charge in [-0.2, -0.15) is 0 Å². The quantitative estimate of drug-likeness (QED) is 0.711. The van der Waals surface area contributed by atoms with Gasteiger partial charge in [-0.05, 0) is 24.6 Å². The zero-order chi connectivity index (χ0) is 13.4. The van der Waals surface area contributed by atoms with Crippen molar-refractivity contribution in [1.82, 2.24) is 0 Å². The van der Waals surface area contributed by atoms with Crippen LogP contribution < -0.4 is 9.47 Å². The second-order valence-electron chi connectivity index (χ2n) is 3.48. The molecule has 1 aromatic carbocycles. The number of rotatable bonds is 7. The molecule has 5 heteroatoms. The Hall–Kier alpha value is -1.30. The van der Waals surface area contributed by atoms with E-state index >= 15 is 0 Å². The molecule has 0 aromatic heterocycles. The molecule has 0 unspecified atom stereocenters. The van der Waals surface area contributed by atoms with Gasteiger partial charge in [0.15, 0.2) is 11.5 Å². The molecular weight excluding hydrogens is 248 g/mol. The molecule has 0 spiro atoms. The van der Waals surface area contributed by atoms with E-state index in [1.165, 1.54) is 0 Å². The van der Waals surface area contributed by atoms with Crippen molar-refractivity contribution in [1.29, 1.82) is 0 Å². The molecule has 1 radical (unpaired) electrons. The number of ether oxygens (including phenoxy) is 2. The minimum absolute atomic E-state index is 0.414. The number of methoxy groups -OCH3 is 1. The maximum Gasteiger partial charge on any atom is 0.425 e. The van der Waals surface area contributed by atoms with Crippen LogP contribution in [0.5, 0.6) is 11.5 Å². The summed E-state index contributed by atoms with van der Waals surface area (Å²) in [6.45, 7) is 1.97. The summed E-state index contributed by atoms with van der Waals surface area (Å²) in [5.74, 6) is 1.40. The van der Waals surface area contributed by atoms with E-state index in [0.717, 1.165) is 5.56 Å². The SMILES string of the molecule is C/C=C/c1ccc(OC[Si](OC)OC)c(OC)c1. The first-order chi connectivity index (χ1) is 8.74. The normalized spacial score (nSPS) is 11.2. The first-order valence-electron chi connectivity index (χ1n) is 5.62. The highest BCUT2D eigenvalue weighted by Crippen LogP contribution is 2.28.